The molecule has 1 fully saturated rings. The number of para-hydroxylation sites is 1. The highest BCUT2D eigenvalue weighted by Crippen LogP contribution is 2.44. The number of hydrogen-bond acceptors (Lipinski definition) is 4. The fraction of sp³-hybridized carbons (Fsp3) is 0.357. The van der Waals surface area contributed by atoms with Gasteiger partial charge in [-0.3, -0.25) is 4.79 Å². The summed E-state index contributed by atoms with van der Waals surface area (Å²) in [7, 11) is 1.66. The van der Waals surface area contributed by atoms with E-state index in [2.05, 4.69) is 24.9 Å². The summed E-state index contributed by atoms with van der Waals surface area (Å²) in [5.41, 5.74) is 4.42. The summed E-state index contributed by atoms with van der Waals surface area (Å²) < 4.78 is 13.8. The van der Waals surface area contributed by atoms with Crippen molar-refractivity contribution in [2.24, 2.45) is 0 Å². The minimum absolute atomic E-state index is 0.0116. The molecule has 3 heterocycles. The zero-order chi connectivity index (χ0) is 23.9. The first kappa shape index (κ1) is 22.3. The van der Waals surface area contributed by atoms with Crippen molar-refractivity contribution in [2.45, 2.75) is 51.7 Å². The molecule has 0 bridgehead atoms. The lowest BCUT2D eigenvalue weighted by atomic mass is 9.87. The van der Waals surface area contributed by atoms with Crippen molar-refractivity contribution in [3.63, 3.8) is 0 Å². The number of aromatic nitrogens is 2. The van der Waals surface area contributed by atoms with Gasteiger partial charge in [0.25, 0.3) is 0 Å². The maximum absolute atomic E-state index is 13.7. The number of carbonyl (C=O) groups is 1. The highest BCUT2D eigenvalue weighted by molar-refractivity contribution is 5.99. The zero-order valence-corrected chi connectivity index (χ0v) is 20.2. The topological polar surface area (TPSA) is 56.6 Å². The Balaban J connectivity index is 1.45. The number of benzene rings is 2. The number of imidazole rings is 1. The summed E-state index contributed by atoms with van der Waals surface area (Å²) in [5, 5.41) is 0. The van der Waals surface area contributed by atoms with E-state index in [0.29, 0.717) is 0 Å². The number of likely N-dealkylation sites (tertiary alicyclic amines) is 1. The molecule has 34 heavy (non-hydrogen) atoms. The summed E-state index contributed by atoms with van der Waals surface area (Å²) >= 11 is 0. The minimum atomic E-state index is -0.324. The van der Waals surface area contributed by atoms with Crippen LogP contribution in [0, 0.1) is 6.92 Å². The SMILES string of the molecule is COc1cc(C=C2CCCN([C@@H]3CC(C)(C)Oc4ccccc43)C2=O)ccc1-n1cnc(C)c1. The van der Waals surface area contributed by atoms with Crippen molar-refractivity contribution in [1.29, 1.82) is 0 Å². The first-order valence-electron chi connectivity index (χ1n) is 11.8. The van der Waals surface area contributed by atoms with Crippen LogP contribution in [-0.2, 0) is 4.79 Å². The van der Waals surface area contributed by atoms with Gasteiger partial charge in [-0.2, -0.15) is 0 Å². The molecule has 0 unspecified atom stereocenters. The Bertz CT molecular complexity index is 1260. The first-order valence-corrected chi connectivity index (χ1v) is 11.8. The Morgan fingerprint density at radius 2 is 2.03 bits per heavy atom. The molecule has 2 aromatic carbocycles. The Hall–Kier alpha value is -3.54. The molecular weight excluding hydrogens is 426 g/mol. The minimum Gasteiger partial charge on any atom is -0.495 e. The fourth-order valence-corrected chi connectivity index (χ4v) is 5.06. The number of nitrogens with zero attached hydrogens (tertiary/aromatic N) is 3. The summed E-state index contributed by atoms with van der Waals surface area (Å²) in [6.45, 7) is 6.90. The molecule has 0 saturated carbocycles. The van der Waals surface area contributed by atoms with Crippen molar-refractivity contribution in [1.82, 2.24) is 14.5 Å². The molecule has 176 valence electrons. The molecule has 1 atom stereocenters. The first-order chi connectivity index (χ1) is 16.3. The van der Waals surface area contributed by atoms with Crippen molar-refractivity contribution >= 4 is 12.0 Å². The number of fused-ring (bicyclic) bond motifs is 1. The van der Waals surface area contributed by atoms with E-state index < -0.39 is 0 Å². The molecule has 1 saturated heterocycles. The number of rotatable bonds is 4. The highest BCUT2D eigenvalue weighted by Gasteiger charge is 2.39. The van der Waals surface area contributed by atoms with Crippen LogP contribution in [0.15, 0.2) is 60.6 Å². The van der Waals surface area contributed by atoms with Gasteiger partial charge in [0.15, 0.2) is 0 Å². The molecule has 3 aromatic rings. The van der Waals surface area contributed by atoms with E-state index in [4.69, 9.17) is 9.47 Å². The van der Waals surface area contributed by atoms with Crippen molar-refractivity contribution < 1.29 is 14.3 Å². The van der Waals surface area contributed by atoms with Gasteiger partial charge < -0.3 is 18.9 Å². The van der Waals surface area contributed by atoms with Crippen LogP contribution in [0.2, 0.25) is 0 Å². The second-order valence-electron chi connectivity index (χ2n) is 9.74. The maximum Gasteiger partial charge on any atom is 0.250 e. The lowest BCUT2D eigenvalue weighted by Gasteiger charge is -2.44. The van der Waals surface area contributed by atoms with E-state index in [1.54, 1.807) is 13.4 Å². The van der Waals surface area contributed by atoms with Gasteiger partial charge in [0.05, 0.1) is 30.9 Å². The van der Waals surface area contributed by atoms with Crippen LogP contribution in [0.4, 0.5) is 0 Å². The Kier molecular flexibility index (Phi) is 5.68. The van der Waals surface area contributed by atoms with Gasteiger partial charge in [-0.1, -0.05) is 24.3 Å². The molecule has 1 aromatic heterocycles. The van der Waals surface area contributed by atoms with Gasteiger partial charge >= 0.3 is 0 Å². The number of amides is 1. The second-order valence-corrected chi connectivity index (χ2v) is 9.74. The monoisotopic (exact) mass is 457 g/mol. The average molecular weight is 458 g/mol. The van der Waals surface area contributed by atoms with E-state index in [-0.39, 0.29) is 17.6 Å². The van der Waals surface area contributed by atoms with Gasteiger partial charge in [0.2, 0.25) is 5.91 Å². The van der Waals surface area contributed by atoms with Crippen LogP contribution < -0.4 is 9.47 Å². The number of ether oxygens (including phenoxy) is 2. The van der Waals surface area contributed by atoms with Crippen LogP contribution in [0.25, 0.3) is 11.8 Å². The zero-order valence-electron chi connectivity index (χ0n) is 20.2. The predicted octanol–water partition coefficient (Wildman–Crippen LogP) is 5.50. The normalized spacial score (nSPS) is 20.7. The van der Waals surface area contributed by atoms with Crippen molar-refractivity contribution in [3.8, 4) is 17.2 Å². The number of carbonyl (C=O) groups excluding carboxylic acids is 1. The molecule has 1 amide bonds. The van der Waals surface area contributed by atoms with Crippen molar-refractivity contribution in [2.75, 3.05) is 13.7 Å². The Morgan fingerprint density at radius 3 is 2.79 bits per heavy atom. The number of methoxy groups -OCH3 is 1. The molecule has 6 nitrogen and oxygen atoms in total. The molecule has 0 N–H and O–H groups in total. The van der Waals surface area contributed by atoms with E-state index in [0.717, 1.165) is 65.4 Å². The van der Waals surface area contributed by atoms with Gasteiger partial charge in [-0.05, 0) is 63.5 Å². The predicted molar refractivity (Wildman–Crippen MR) is 132 cm³/mol. The number of aryl methyl sites for hydroxylation is 1. The van der Waals surface area contributed by atoms with Gasteiger partial charge in [-0.15, -0.1) is 0 Å². The third-order valence-electron chi connectivity index (χ3n) is 6.64. The van der Waals surface area contributed by atoms with Gasteiger partial charge in [0, 0.05) is 30.3 Å². The number of hydrogen-bond donors (Lipinski definition) is 0. The summed E-state index contributed by atoms with van der Waals surface area (Å²) in [6, 6.07) is 14.1. The third kappa shape index (κ3) is 4.20. The largest absolute Gasteiger partial charge is 0.495 e. The van der Waals surface area contributed by atoms with Gasteiger partial charge in [0.1, 0.15) is 17.1 Å². The van der Waals surface area contributed by atoms with Crippen molar-refractivity contribution in [3.05, 3.63) is 77.4 Å². The molecular formula is C28H31N3O3. The third-order valence-corrected chi connectivity index (χ3v) is 6.64. The fourth-order valence-electron chi connectivity index (χ4n) is 5.06. The molecule has 5 rings (SSSR count). The van der Waals surface area contributed by atoms with Crippen LogP contribution in [-0.4, -0.2) is 39.6 Å². The number of piperidine rings is 1. The van der Waals surface area contributed by atoms with E-state index in [1.165, 1.54) is 0 Å². The van der Waals surface area contributed by atoms with Crippen LogP contribution in [0.3, 0.4) is 0 Å². The quantitative estimate of drug-likeness (QED) is 0.486. The summed E-state index contributed by atoms with van der Waals surface area (Å²) in [5.74, 6) is 1.73. The summed E-state index contributed by atoms with van der Waals surface area (Å²) in [4.78, 5) is 20.0. The second kappa shape index (κ2) is 8.67. The Labute approximate surface area is 200 Å². The van der Waals surface area contributed by atoms with Crippen LogP contribution in [0.1, 0.15) is 56.0 Å². The molecule has 0 spiro atoms. The van der Waals surface area contributed by atoms with E-state index >= 15 is 0 Å². The molecule has 2 aliphatic rings. The van der Waals surface area contributed by atoms with E-state index in [9.17, 15) is 4.79 Å². The maximum atomic E-state index is 13.7. The summed E-state index contributed by atoms with van der Waals surface area (Å²) in [6.07, 6.45) is 8.24. The average Bonchev–Trinajstić information content (AvgIpc) is 3.25. The van der Waals surface area contributed by atoms with Crippen LogP contribution in [0.5, 0.6) is 11.5 Å². The molecule has 6 heteroatoms. The standard InChI is InChI=1S/C28H31N3O3/c1-19-17-30(18-29-19)23-12-11-20(15-26(23)33-4)14-21-8-7-13-31(27(21)32)24-16-28(2,3)34-25-10-6-5-9-22(24)25/h5-6,9-12,14-15,17-18,24H,7-8,13,16H2,1-4H3/t24-/m1/s1. The van der Waals surface area contributed by atoms with Gasteiger partial charge in [-0.25, -0.2) is 4.98 Å². The smallest absolute Gasteiger partial charge is 0.250 e. The molecule has 0 radical (unpaired) electrons. The Morgan fingerprint density at radius 1 is 1.21 bits per heavy atom. The van der Waals surface area contributed by atoms with Crippen LogP contribution >= 0.6 is 0 Å². The molecule has 2 aliphatic heterocycles. The van der Waals surface area contributed by atoms with E-state index in [1.807, 2.05) is 65.1 Å². The lowest BCUT2D eigenvalue weighted by molar-refractivity contribution is -0.132. The molecule has 0 aliphatic carbocycles. The highest BCUT2D eigenvalue weighted by atomic mass is 16.5. The lowest BCUT2D eigenvalue weighted by Crippen LogP contribution is -2.46.